The zero-order valence-corrected chi connectivity index (χ0v) is 14.7. The largest absolute Gasteiger partial charge is 0.444 e. The molecule has 0 bridgehead atoms. The summed E-state index contributed by atoms with van der Waals surface area (Å²) in [5.41, 5.74) is -0.213. The van der Waals surface area contributed by atoms with Gasteiger partial charge < -0.3 is 14.7 Å². The Labute approximate surface area is 123 Å². The van der Waals surface area contributed by atoms with Gasteiger partial charge in [0, 0.05) is 14.5 Å². The van der Waals surface area contributed by atoms with Crippen molar-refractivity contribution in [3.63, 3.8) is 0 Å². The highest BCUT2D eigenvalue weighted by Gasteiger charge is 2.45. The molecule has 1 N–H and O–H groups in total. The summed E-state index contributed by atoms with van der Waals surface area (Å²) < 4.78 is 5.28. The number of likely N-dealkylation sites (tertiary alicyclic amines) is 1. The number of rotatable bonds is 4. The fourth-order valence-corrected chi connectivity index (χ4v) is 4.13. The SMILES string of the molecule is C=C(CC1(O)CN(C(=O)OC(C)(C)C)C1)C[Si](C)(C)C. The van der Waals surface area contributed by atoms with Crippen molar-refractivity contribution >= 4 is 14.2 Å². The Kier molecular flexibility index (Phi) is 4.76. The highest BCUT2D eigenvalue weighted by Crippen LogP contribution is 2.31. The first kappa shape index (κ1) is 17.2. The lowest BCUT2D eigenvalue weighted by atomic mass is 9.88. The van der Waals surface area contributed by atoms with Crippen molar-refractivity contribution in [1.29, 1.82) is 0 Å². The second-order valence-electron chi connectivity index (χ2n) is 8.22. The number of carbonyl (C=O) groups excluding carboxylic acids is 1. The minimum absolute atomic E-state index is 0.340. The molecule has 4 nitrogen and oxygen atoms in total. The Bertz CT molecular complexity index is 387. The molecule has 5 heteroatoms. The van der Waals surface area contributed by atoms with Gasteiger partial charge in [-0.1, -0.05) is 25.2 Å². The fourth-order valence-electron chi connectivity index (χ4n) is 2.51. The second-order valence-corrected chi connectivity index (χ2v) is 13.7. The van der Waals surface area contributed by atoms with E-state index in [1.807, 2.05) is 20.8 Å². The average molecular weight is 299 g/mol. The van der Waals surface area contributed by atoms with Crippen LogP contribution in [0.5, 0.6) is 0 Å². The van der Waals surface area contributed by atoms with Crippen LogP contribution >= 0.6 is 0 Å². The van der Waals surface area contributed by atoms with Crippen LogP contribution in [-0.4, -0.2) is 48.5 Å². The number of hydrogen-bond acceptors (Lipinski definition) is 3. The number of nitrogens with zero attached hydrogens (tertiary/aromatic N) is 1. The summed E-state index contributed by atoms with van der Waals surface area (Å²) in [6.45, 7) is 17.1. The van der Waals surface area contributed by atoms with E-state index >= 15 is 0 Å². The zero-order chi connectivity index (χ0) is 15.8. The first-order valence-corrected chi connectivity index (χ1v) is 10.9. The highest BCUT2D eigenvalue weighted by atomic mass is 28.3. The third-order valence-electron chi connectivity index (χ3n) is 2.98. The number of β-amino-alcohol motifs (C(OH)–C–C–N with tert-alkyl or cyclic N) is 1. The topological polar surface area (TPSA) is 49.8 Å². The Morgan fingerprint density at radius 2 is 1.85 bits per heavy atom. The summed E-state index contributed by atoms with van der Waals surface area (Å²) >= 11 is 0. The Hall–Kier alpha value is -0.813. The van der Waals surface area contributed by atoms with Gasteiger partial charge in [-0.3, -0.25) is 0 Å². The van der Waals surface area contributed by atoms with Crippen LogP contribution in [0.3, 0.4) is 0 Å². The molecule has 1 amide bonds. The standard InChI is InChI=1S/C15H29NO3Si/c1-12(9-20(5,6)7)8-15(18)10-16(11-15)13(17)19-14(2,3)4/h18H,1,8-11H2,2-7H3. The van der Waals surface area contributed by atoms with Gasteiger partial charge >= 0.3 is 6.09 Å². The van der Waals surface area contributed by atoms with Crippen LogP contribution < -0.4 is 0 Å². The molecule has 0 aliphatic carbocycles. The molecule has 0 unspecified atom stereocenters. The molecular weight excluding hydrogens is 270 g/mol. The van der Waals surface area contributed by atoms with Crippen LogP contribution in [0.1, 0.15) is 27.2 Å². The third-order valence-corrected chi connectivity index (χ3v) is 4.54. The monoisotopic (exact) mass is 299 g/mol. The number of ether oxygens (including phenoxy) is 1. The second kappa shape index (κ2) is 5.52. The fraction of sp³-hybridized carbons (Fsp3) is 0.800. The summed E-state index contributed by atoms with van der Waals surface area (Å²) in [6, 6.07) is 1.02. The summed E-state index contributed by atoms with van der Waals surface area (Å²) in [7, 11) is -1.20. The summed E-state index contributed by atoms with van der Waals surface area (Å²) in [5, 5.41) is 10.4. The number of carbonyl (C=O) groups is 1. The number of amides is 1. The van der Waals surface area contributed by atoms with Gasteiger partial charge in [-0.2, -0.15) is 0 Å². The van der Waals surface area contributed by atoms with Crippen molar-refractivity contribution in [3.05, 3.63) is 12.2 Å². The van der Waals surface area contributed by atoms with Crippen molar-refractivity contribution in [2.45, 2.75) is 64.1 Å². The summed E-state index contributed by atoms with van der Waals surface area (Å²) in [5.74, 6) is 0. The van der Waals surface area contributed by atoms with E-state index < -0.39 is 19.3 Å². The molecule has 0 aromatic carbocycles. The number of hydrogen-bond donors (Lipinski definition) is 1. The molecule has 0 saturated carbocycles. The van der Waals surface area contributed by atoms with Crippen molar-refractivity contribution in [3.8, 4) is 0 Å². The molecule has 0 spiro atoms. The highest BCUT2D eigenvalue weighted by molar-refractivity contribution is 6.76. The minimum Gasteiger partial charge on any atom is -0.444 e. The van der Waals surface area contributed by atoms with Gasteiger partial charge in [0.1, 0.15) is 11.2 Å². The predicted octanol–water partition coefficient (Wildman–Crippen LogP) is 3.25. The predicted molar refractivity (Wildman–Crippen MR) is 84.7 cm³/mol. The van der Waals surface area contributed by atoms with E-state index in [4.69, 9.17) is 4.74 Å². The van der Waals surface area contributed by atoms with E-state index in [9.17, 15) is 9.90 Å². The van der Waals surface area contributed by atoms with Gasteiger partial charge in [0.05, 0.1) is 13.1 Å². The van der Waals surface area contributed by atoms with E-state index in [0.717, 1.165) is 11.6 Å². The van der Waals surface area contributed by atoms with E-state index in [1.165, 1.54) is 0 Å². The molecule has 20 heavy (non-hydrogen) atoms. The Morgan fingerprint density at radius 1 is 1.35 bits per heavy atom. The van der Waals surface area contributed by atoms with Gasteiger partial charge in [-0.25, -0.2) is 4.79 Å². The molecule has 0 aromatic rings. The van der Waals surface area contributed by atoms with Crippen LogP contribution in [0, 0.1) is 0 Å². The summed E-state index contributed by atoms with van der Waals surface area (Å²) in [6.07, 6.45) is 0.231. The minimum atomic E-state index is -1.20. The first-order chi connectivity index (χ1) is 8.80. The maximum absolute atomic E-state index is 11.8. The van der Waals surface area contributed by atoms with E-state index in [-0.39, 0.29) is 6.09 Å². The molecule has 1 saturated heterocycles. The van der Waals surface area contributed by atoms with Gasteiger partial charge in [0.25, 0.3) is 0 Å². The maximum atomic E-state index is 11.8. The Balaban J connectivity index is 2.42. The van der Waals surface area contributed by atoms with E-state index in [2.05, 4.69) is 26.2 Å². The van der Waals surface area contributed by atoms with Gasteiger partial charge in [0.2, 0.25) is 0 Å². The lowest BCUT2D eigenvalue weighted by Crippen LogP contribution is -2.64. The average Bonchev–Trinajstić information content (AvgIpc) is 2.06. The molecular formula is C15H29NO3Si. The van der Waals surface area contributed by atoms with Gasteiger partial charge in [-0.05, 0) is 26.8 Å². The van der Waals surface area contributed by atoms with Gasteiger partial charge in [0.15, 0.2) is 0 Å². The van der Waals surface area contributed by atoms with Crippen molar-refractivity contribution in [1.82, 2.24) is 4.90 Å². The lowest BCUT2D eigenvalue weighted by Gasteiger charge is -2.47. The van der Waals surface area contributed by atoms with Gasteiger partial charge in [-0.15, -0.1) is 6.58 Å². The van der Waals surface area contributed by atoms with Crippen molar-refractivity contribution in [2.24, 2.45) is 0 Å². The van der Waals surface area contributed by atoms with Crippen LogP contribution in [0.2, 0.25) is 25.7 Å². The molecule has 0 aromatic heterocycles. The summed E-state index contributed by atoms with van der Waals surface area (Å²) in [4.78, 5) is 13.4. The zero-order valence-electron chi connectivity index (χ0n) is 13.7. The third kappa shape index (κ3) is 5.67. The molecule has 116 valence electrons. The molecule has 0 radical (unpaired) electrons. The first-order valence-electron chi connectivity index (χ1n) is 7.17. The molecule has 1 aliphatic heterocycles. The molecule has 0 atom stereocenters. The number of aliphatic hydroxyl groups is 1. The van der Waals surface area contributed by atoms with Crippen LogP contribution in [0.25, 0.3) is 0 Å². The Morgan fingerprint density at radius 3 is 2.25 bits per heavy atom. The normalized spacial score (nSPS) is 18.4. The quantitative estimate of drug-likeness (QED) is 0.640. The smallest absolute Gasteiger partial charge is 0.410 e. The molecule has 1 heterocycles. The molecule has 1 fully saturated rings. The molecule has 1 aliphatic rings. The lowest BCUT2D eigenvalue weighted by molar-refractivity contribution is -0.0972. The van der Waals surface area contributed by atoms with Crippen molar-refractivity contribution in [2.75, 3.05) is 13.1 Å². The van der Waals surface area contributed by atoms with Crippen LogP contribution in [0.4, 0.5) is 4.79 Å². The molecule has 1 rings (SSSR count). The van der Waals surface area contributed by atoms with Crippen LogP contribution in [-0.2, 0) is 4.74 Å². The van der Waals surface area contributed by atoms with E-state index in [1.54, 1.807) is 4.90 Å². The van der Waals surface area contributed by atoms with E-state index in [0.29, 0.717) is 19.5 Å². The van der Waals surface area contributed by atoms with Crippen LogP contribution in [0.15, 0.2) is 12.2 Å². The maximum Gasteiger partial charge on any atom is 0.410 e. The van der Waals surface area contributed by atoms with Crippen molar-refractivity contribution < 1.29 is 14.6 Å².